The fraction of sp³-hybridized carbons (Fsp3) is 0.296. The second kappa shape index (κ2) is 11.5. The highest BCUT2D eigenvalue weighted by atomic mass is 32.2. The van der Waals surface area contributed by atoms with Crippen molar-refractivity contribution < 1.29 is 23.4 Å². The molecule has 0 radical (unpaired) electrons. The average molecular weight is 536 g/mol. The van der Waals surface area contributed by atoms with E-state index >= 15 is 0 Å². The Balaban J connectivity index is 1.31. The zero-order chi connectivity index (χ0) is 26.5. The largest absolute Gasteiger partial charge is 0.497 e. The van der Waals surface area contributed by atoms with Gasteiger partial charge in [0.05, 0.1) is 39.0 Å². The minimum atomic E-state index is 0.0519. The lowest BCUT2D eigenvalue weighted by atomic mass is 10.2. The van der Waals surface area contributed by atoms with Crippen LogP contribution in [0.15, 0.2) is 70.4 Å². The first-order valence-electron chi connectivity index (χ1n) is 12.1. The van der Waals surface area contributed by atoms with E-state index in [1.54, 1.807) is 33.7 Å². The first-order chi connectivity index (χ1) is 18.6. The molecule has 0 aliphatic carbocycles. The molecule has 1 aliphatic heterocycles. The number of nitrogens with zero attached hydrogens (tertiary/aromatic N) is 5. The number of amides is 1. The van der Waals surface area contributed by atoms with E-state index in [-0.39, 0.29) is 11.7 Å². The first-order valence-corrected chi connectivity index (χ1v) is 13.1. The lowest BCUT2D eigenvalue weighted by molar-refractivity contribution is -0.128. The third kappa shape index (κ3) is 5.28. The summed E-state index contributed by atoms with van der Waals surface area (Å²) < 4.78 is 23.8. The summed E-state index contributed by atoms with van der Waals surface area (Å²) in [6, 6.07) is 17.1. The number of methoxy groups -OCH3 is 3. The maximum absolute atomic E-state index is 13.2. The zero-order valence-electron chi connectivity index (χ0n) is 21.5. The Hall–Kier alpha value is -4.12. The maximum atomic E-state index is 13.2. The monoisotopic (exact) mass is 535 g/mol. The number of carbonyl (C=O) groups excluding carboxylic acids is 1. The quantitative estimate of drug-likeness (QED) is 0.295. The van der Waals surface area contributed by atoms with Gasteiger partial charge < -0.3 is 28.4 Å². The zero-order valence-corrected chi connectivity index (χ0v) is 22.3. The Morgan fingerprint density at radius 2 is 1.66 bits per heavy atom. The molecule has 1 saturated heterocycles. The van der Waals surface area contributed by atoms with Gasteiger partial charge >= 0.3 is 0 Å². The molecule has 0 unspecified atom stereocenters. The van der Waals surface area contributed by atoms with E-state index in [4.69, 9.17) is 18.6 Å². The summed E-state index contributed by atoms with van der Waals surface area (Å²) in [7, 11) is 4.86. The number of ether oxygens (including phenoxy) is 3. The molecule has 2 aromatic carbocycles. The van der Waals surface area contributed by atoms with Crippen LogP contribution >= 0.6 is 11.8 Å². The number of carbonyl (C=O) groups is 1. The number of hydrogen-bond donors (Lipinski definition) is 0. The Bertz CT molecular complexity index is 1370. The number of furan rings is 1. The number of benzene rings is 2. The Kier molecular flexibility index (Phi) is 7.73. The summed E-state index contributed by atoms with van der Waals surface area (Å²) in [5.41, 5.74) is 1.81. The normalized spacial score (nSPS) is 13.4. The topological polar surface area (TPSA) is 95.1 Å². The van der Waals surface area contributed by atoms with Gasteiger partial charge in [0.2, 0.25) is 11.7 Å². The molecular weight excluding hydrogens is 506 g/mol. The molecule has 1 amide bonds. The molecule has 38 heavy (non-hydrogen) atoms. The van der Waals surface area contributed by atoms with Gasteiger partial charge in [-0.25, -0.2) is 0 Å². The van der Waals surface area contributed by atoms with E-state index in [1.807, 2.05) is 58.0 Å². The Morgan fingerprint density at radius 1 is 0.921 bits per heavy atom. The second-order valence-electron chi connectivity index (χ2n) is 8.51. The highest BCUT2D eigenvalue weighted by Crippen LogP contribution is 2.35. The number of thioether (sulfide) groups is 1. The lowest BCUT2D eigenvalue weighted by Gasteiger charge is -2.36. The summed E-state index contributed by atoms with van der Waals surface area (Å²) >= 11 is 1.33. The van der Waals surface area contributed by atoms with Crippen LogP contribution in [0.4, 0.5) is 5.69 Å². The Labute approximate surface area is 225 Å². The SMILES string of the molecule is COc1ccc(N2CCN(C(=O)CSc3nnc(-c4ccco4)n3-c3cc(OC)ccc3OC)CC2)cc1. The van der Waals surface area contributed by atoms with Gasteiger partial charge in [0.1, 0.15) is 17.2 Å². The number of hydrogen-bond acceptors (Lipinski definition) is 9. The fourth-order valence-corrected chi connectivity index (χ4v) is 5.19. The summed E-state index contributed by atoms with van der Waals surface area (Å²) in [6.07, 6.45) is 1.58. The molecule has 0 spiro atoms. The van der Waals surface area contributed by atoms with Gasteiger partial charge in [0.15, 0.2) is 10.9 Å². The molecule has 0 atom stereocenters. The van der Waals surface area contributed by atoms with Gasteiger partial charge in [-0.15, -0.1) is 10.2 Å². The van der Waals surface area contributed by atoms with Crippen molar-refractivity contribution in [1.29, 1.82) is 0 Å². The van der Waals surface area contributed by atoms with Gasteiger partial charge in [0, 0.05) is 37.9 Å². The molecule has 10 nitrogen and oxygen atoms in total. The van der Waals surface area contributed by atoms with Crippen molar-refractivity contribution in [3.8, 4) is 34.5 Å². The molecule has 198 valence electrons. The third-order valence-electron chi connectivity index (χ3n) is 6.40. The van der Waals surface area contributed by atoms with E-state index in [0.29, 0.717) is 47.0 Å². The number of piperazine rings is 1. The predicted octanol–water partition coefficient (Wildman–Crippen LogP) is 3.99. The van der Waals surface area contributed by atoms with Crippen LogP contribution in [0.5, 0.6) is 17.2 Å². The molecule has 11 heteroatoms. The first kappa shape index (κ1) is 25.5. The van der Waals surface area contributed by atoms with Crippen molar-refractivity contribution in [3.05, 3.63) is 60.9 Å². The van der Waals surface area contributed by atoms with Gasteiger partial charge in [-0.3, -0.25) is 9.36 Å². The van der Waals surface area contributed by atoms with Crippen LogP contribution < -0.4 is 19.1 Å². The van der Waals surface area contributed by atoms with Gasteiger partial charge in [0.25, 0.3) is 0 Å². The van der Waals surface area contributed by atoms with Gasteiger partial charge in [-0.2, -0.15) is 0 Å². The highest BCUT2D eigenvalue weighted by molar-refractivity contribution is 7.99. The fourth-order valence-electron chi connectivity index (χ4n) is 4.34. The van der Waals surface area contributed by atoms with Crippen LogP contribution in [-0.4, -0.2) is 78.8 Å². The molecule has 1 fully saturated rings. The van der Waals surface area contributed by atoms with Crippen LogP contribution in [0.3, 0.4) is 0 Å². The molecule has 0 N–H and O–H groups in total. The molecule has 1 aliphatic rings. The van der Waals surface area contributed by atoms with E-state index < -0.39 is 0 Å². The average Bonchev–Trinajstić information content (AvgIpc) is 3.66. The van der Waals surface area contributed by atoms with Crippen LogP contribution in [0.25, 0.3) is 17.3 Å². The standard InChI is InChI=1S/C27H29N5O5S/c1-34-20-8-6-19(7-9-20)30-12-14-31(15-13-30)25(33)18-38-27-29-28-26(24-5-4-16-37-24)32(27)22-17-21(35-2)10-11-23(22)36-3/h4-11,16-17H,12-15,18H2,1-3H3. The van der Waals surface area contributed by atoms with Crippen LogP contribution in [0.1, 0.15) is 0 Å². The van der Waals surface area contributed by atoms with Crippen LogP contribution in [-0.2, 0) is 4.79 Å². The van der Waals surface area contributed by atoms with E-state index in [0.717, 1.165) is 24.5 Å². The van der Waals surface area contributed by atoms with E-state index in [2.05, 4.69) is 15.1 Å². The van der Waals surface area contributed by atoms with Crippen molar-refractivity contribution >= 4 is 23.4 Å². The number of aromatic nitrogens is 3. The smallest absolute Gasteiger partial charge is 0.233 e. The number of rotatable bonds is 9. The van der Waals surface area contributed by atoms with Crippen molar-refractivity contribution in [2.75, 3.05) is 58.2 Å². The molecule has 3 heterocycles. The van der Waals surface area contributed by atoms with Crippen molar-refractivity contribution in [2.45, 2.75) is 5.16 Å². The van der Waals surface area contributed by atoms with Crippen LogP contribution in [0, 0.1) is 0 Å². The molecule has 2 aromatic heterocycles. The highest BCUT2D eigenvalue weighted by Gasteiger charge is 2.25. The van der Waals surface area contributed by atoms with E-state index in [1.165, 1.54) is 11.8 Å². The summed E-state index contributed by atoms with van der Waals surface area (Å²) in [5, 5.41) is 9.32. The molecule has 0 bridgehead atoms. The number of anilines is 1. The third-order valence-corrected chi connectivity index (χ3v) is 7.31. The summed E-state index contributed by atoms with van der Waals surface area (Å²) in [6.45, 7) is 2.84. The molecule has 5 rings (SSSR count). The minimum absolute atomic E-state index is 0.0519. The Morgan fingerprint density at radius 3 is 2.32 bits per heavy atom. The molecule has 0 saturated carbocycles. The van der Waals surface area contributed by atoms with Gasteiger partial charge in [-0.05, 0) is 48.5 Å². The summed E-state index contributed by atoms with van der Waals surface area (Å²) in [5.74, 6) is 3.43. The van der Waals surface area contributed by atoms with Crippen LogP contribution in [0.2, 0.25) is 0 Å². The van der Waals surface area contributed by atoms with Crippen molar-refractivity contribution in [2.24, 2.45) is 0 Å². The molecule has 4 aromatic rings. The van der Waals surface area contributed by atoms with Gasteiger partial charge in [-0.1, -0.05) is 11.8 Å². The van der Waals surface area contributed by atoms with Crippen molar-refractivity contribution in [3.63, 3.8) is 0 Å². The maximum Gasteiger partial charge on any atom is 0.233 e. The predicted molar refractivity (Wildman–Crippen MR) is 145 cm³/mol. The molecular formula is C27H29N5O5S. The van der Waals surface area contributed by atoms with Crippen molar-refractivity contribution in [1.82, 2.24) is 19.7 Å². The van der Waals surface area contributed by atoms with E-state index in [9.17, 15) is 4.79 Å². The lowest BCUT2D eigenvalue weighted by Crippen LogP contribution is -2.49. The minimum Gasteiger partial charge on any atom is -0.497 e. The summed E-state index contributed by atoms with van der Waals surface area (Å²) in [4.78, 5) is 17.3. The second-order valence-corrected chi connectivity index (χ2v) is 9.45.